The third-order valence-corrected chi connectivity index (χ3v) is 6.05. The molecule has 0 aromatic heterocycles. The third kappa shape index (κ3) is 7.71. The second-order valence-electron chi connectivity index (χ2n) is 10.7. The molecule has 2 aromatic carbocycles. The molecule has 202 valence electrons. The normalized spacial score (nSPS) is 13.0. The fraction of sp³-hybridized carbons (Fsp3) is 0.483. The van der Waals surface area contributed by atoms with Crippen LogP contribution in [0.5, 0.6) is 5.75 Å². The number of hydrogen-bond acceptors (Lipinski definition) is 5. The molecule has 0 saturated heterocycles. The molecule has 0 fully saturated rings. The van der Waals surface area contributed by atoms with E-state index in [1.807, 2.05) is 45.9 Å². The van der Waals surface area contributed by atoms with E-state index in [4.69, 9.17) is 4.74 Å². The predicted octanol–water partition coefficient (Wildman–Crippen LogP) is 5.40. The van der Waals surface area contributed by atoms with Crippen LogP contribution >= 0.6 is 0 Å². The summed E-state index contributed by atoms with van der Waals surface area (Å²) >= 11 is 0. The summed E-state index contributed by atoms with van der Waals surface area (Å²) in [4.78, 5) is 41.7. The van der Waals surface area contributed by atoms with Crippen LogP contribution in [0.3, 0.4) is 0 Å². The van der Waals surface area contributed by atoms with Crippen LogP contribution in [0, 0.1) is 26.7 Å². The van der Waals surface area contributed by atoms with Crippen LogP contribution in [0.15, 0.2) is 36.4 Å². The van der Waals surface area contributed by atoms with Gasteiger partial charge >= 0.3 is 6.09 Å². The number of hydrogen-bond donors (Lipinski definition) is 3. The van der Waals surface area contributed by atoms with Gasteiger partial charge in [0.1, 0.15) is 23.4 Å². The van der Waals surface area contributed by atoms with Crippen molar-refractivity contribution in [1.82, 2.24) is 10.2 Å². The second-order valence-corrected chi connectivity index (χ2v) is 10.7. The van der Waals surface area contributed by atoms with E-state index in [-0.39, 0.29) is 18.2 Å². The zero-order chi connectivity index (χ0) is 28.1. The third-order valence-electron chi connectivity index (χ3n) is 6.05. The number of para-hydroxylation sites is 1. The van der Waals surface area contributed by atoms with Crippen molar-refractivity contribution < 1.29 is 24.2 Å². The maximum Gasteiger partial charge on any atom is 0.408 e. The number of amides is 3. The van der Waals surface area contributed by atoms with Crippen LogP contribution in [0.25, 0.3) is 0 Å². The fourth-order valence-corrected chi connectivity index (χ4v) is 4.12. The van der Waals surface area contributed by atoms with Gasteiger partial charge in [0.15, 0.2) is 0 Å². The molecule has 0 spiro atoms. The zero-order valence-electron chi connectivity index (χ0n) is 23.4. The van der Waals surface area contributed by atoms with Crippen molar-refractivity contribution in [3.63, 3.8) is 0 Å². The molecular formula is C29H41N3O5. The number of nitrogens with zero attached hydrogens (tertiary/aromatic N) is 1. The van der Waals surface area contributed by atoms with E-state index < -0.39 is 35.6 Å². The topological polar surface area (TPSA) is 108 Å². The summed E-state index contributed by atoms with van der Waals surface area (Å²) < 4.78 is 5.38. The molecule has 8 nitrogen and oxygen atoms in total. The van der Waals surface area contributed by atoms with Crippen molar-refractivity contribution in [2.24, 2.45) is 5.92 Å². The van der Waals surface area contributed by atoms with E-state index >= 15 is 0 Å². The number of aryl methyl sites for hydroxylation is 3. The lowest BCUT2D eigenvalue weighted by Gasteiger charge is -2.35. The van der Waals surface area contributed by atoms with E-state index in [1.54, 1.807) is 46.8 Å². The number of nitrogens with one attached hydrogen (secondary N) is 2. The molecule has 0 aliphatic carbocycles. The predicted molar refractivity (Wildman–Crippen MR) is 146 cm³/mol. The van der Waals surface area contributed by atoms with Crippen LogP contribution in [-0.4, -0.2) is 46.1 Å². The van der Waals surface area contributed by atoms with E-state index in [9.17, 15) is 19.5 Å². The van der Waals surface area contributed by atoms with Crippen LogP contribution in [0.4, 0.5) is 10.5 Å². The van der Waals surface area contributed by atoms with Gasteiger partial charge in [0.05, 0.1) is 0 Å². The lowest BCUT2D eigenvalue weighted by molar-refractivity contribution is -0.141. The molecule has 2 aromatic rings. The van der Waals surface area contributed by atoms with Gasteiger partial charge in [0, 0.05) is 12.2 Å². The number of phenols is 1. The number of phenolic OH excluding ortho intramolecular Hbond substituents is 1. The highest BCUT2D eigenvalue weighted by Gasteiger charge is 2.37. The van der Waals surface area contributed by atoms with Gasteiger partial charge in [0.2, 0.25) is 5.91 Å². The maximum absolute atomic E-state index is 13.9. The van der Waals surface area contributed by atoms with Crippen molar-refractivity contribution in [2.45, 2.75) is 80.0 Å². The highest BCUT2D eigenvalue weighted by molar-refractivity contribution is 6.00. The van der Waals surface area contributed by atoms with Crippen molar-refractivity contribution in [2.75, 3.05) is 11.9 Å². The number of alkyl carbamates (subject to hydrolysis) is 1. The summed E-state index contributed by atoms with van der Waals surface area (Å²) in [6, 6.07) is 8.67. The average Bonchev–Trinajstić information content (AvgIpc) is 2.78. The van der Waals surface area contributed by atoms with Crippen molar-refractivity contribution in [3.05, 3.63) is 58.7 Å². The molecule has 2 unspecified atom stereocenters. The summed E-state index contributed by atoms with van der Waals surface area (Å²) in [6.45, 7) is 16.4. The quantitative estimate of drug-likeness (QED) is 0.440. The minimum atomic E-state index is -1.00. The number of aromatic hydroxyl groups is 1. The Labute approximate surface area is 220 Å². The van der Waals surface area contributed by atoms with Crippen molar-refractivity contribution in [3.8, 4) is 5.75 Å². The van der Waals surface area contributed by atoms with Gasteiger partial charge in [-0.25, -0.2) is 4.79 Å². The second kappa shape index (κ2) is 12.1. The summed E-state index contributed by atoms with van der Waals surface area (Å²) in [7, 11) is 0. The van der Waals surface area contributed by atoms with Gasteiger partial charge in [-0.15, -0.1) is 0 Å². The Morgan fingerprint density at radius 3 is 2.08 bits per heavy atom. The van der Waals surface area contributed by atoms with E-state index in [1.165, 1.54) is 11.0 Å². The first-order chi connectivity index (χ1) is 17.2. The standard InChI is InChI=1S/C29H41N3O5/c1-10-32(27(35)23(17(2)3)31-28(36)37-29(7,8)9)25(21-14-15-22(33)20(6)16-21)26(34)30-24-18(4)12-11-13-19(24)5/h11-17,23,25,33H,10H2,1-9H3,(H,30,34)(H,31,36). The molecule has 0 radical (unpaired) electrons. The first-order valence-corrected chi connectivity index (χ1v) is 12.6. The largest absolute Gasteiger partial charge is 0.508 e. The molecule has 0 bridgehead atoms. The van der Waals surface area contributed by atoms with Gasteiger partial charge in [-0.05, 0) is 88.8 Å². The number of anilines is 1. The molecule has 37 heavy (non-hydrogen) atoms. The summed E-state index contributed by atoms with van der Waals surface area (Å²) in [6.07, 6.45) is -0.701. The number of carbonyl (C=O) groups is 3. The first-order valence-electron chi connectivity index (χ1n) is 12.6. The van der Waals surface area contributed by atoms with E-state index in [0.29, 0.717) is 16.8 Å². The van der Waals surface area contributed by atoms with Crippen LogP contribution in [-0.2, 0) is 14.3 Å². The summed E-state index contributed by atoms with van der Waals surface area (Å²) in [5, 5.41) is 15.8. The number of ether oxygens (including phenoxy) is 1. The molecule has 8 heteroatoms. The molecule has 3 amide bonds. The van der Waals surface area contributed by atoms with Crippen molar-refractivity contribution >= 4 is 23.6 Å². The van der Waals surface area contributed by atoms with Crippen molar-refractivity contribution in [1.29, 1.82) is 0 Å². The van der Waals surface area contributed by atoms with Gasteiger partial charge in [-0.2, -0.15) is 0 Å². The Bertz CT molecular complexity index is 1120. The summed E-state index contributed by atoms with van der Waals surface area (Å²) in [5.74, 6) is -0.968. The van der Waals surface area contributed by atoms with E-state index in [2.05, 4.69) is 10.6 Å². The van der Waals surface area contributed by atoms with E-state index in [0.717, 1.165) is 11.1 Å². The highest BCUT2D eigenvalue weighted by atomic mass is 16.6. The molecule has 2 rings (SSSR count). The molecule has 0 aliphatic rings. The number of benzene rings is 2. The lowest BCUT2D eigenvalue weighted by atomic mass is 9.97. The Balaban J connectivity index is 2.52. The fourth-order valence-electron chi connectivity index (χ4n) is 4.12. The van der Waals surface area contributed by atoms with Gasteiger partial charge < -0.3 is 25.4 Å². The van der Waals surface area contributed by atoms with Gasteiger partial charge in [0.25, 0.3) is 5.91 Å². The monoisotopic (exact) mass is 511 g/mol. The number of rotatable bonds is 8. The zero-order valence-corrected chi connectivity index (χ0v) is 23.4. The maximum atomic E-state index is 13.9. The minimum Gasteiger partial charge on any atom is -0.508 e. The Morgan fingerprint density at radius 2 is 1.59 bits per heavy atom. The molecule has 2 atom stereocenters. The minimum absolute atomic E-state index is 0.0960. The smallest absolute Gasteiger partial charge is 0.408 e. The summed E-state index contributed by atoms with van der Waals surface area (Å²) in [5.41, 5.74) is 2.89. The average molecular weight is 512 g/mol. The van der Waals surface area contributed by atoms with Crippen LogP contribution < -0.4 is 10.6 Å². The lowest BCUT2D eigenvalue weighted by Crippen LogP contribution is -2.54. The molecule has 3 N–H and O–H groups in total. The Kier molecular flexibility index (Phi) is 9.73. The molecule has 0 aliphatic heterocycles. The van der Waals surface area contributed by atoms with Crippen LogP contribution in [0.1, 0.15) is 69.8 Å². The Hall–Kier alpha value is -3.55. The number of carbonyl (C=O) groups excluding carboxylic acids is 3. The molecular weight excluding hydrogens is 470 g/mol. The van der Waals surface area contributed by atoms with Gasteiger partial charge in [-0.3, -0.25) is 9.59 Å². The number of likely N-dealkylation sites (N-methyl/N-ethyl adjacent to an activating group) is 1. The molecule has 0 saturated carbocycles. The molecule has 0 heterocycles. The highest BCUT2D eigenvalue weighted by Crippen LogP contribution is 2.30. The van der Waals surface area contributed by atoms with Crippen LogP contribution in [0.2, 0.25) is 0 Å². The van der Waals surface area contributed by atoms with Gasteiger partial charge in [-0.1, -0.05) is 38.1 Å². The SMILES string of the molecule is CCN(C(=O)C(NC(=O)OC(C)(C)C)C(C)C)C(C(=O)Nc1c(C)cccc1C)c1ccc(O)c(C)c1. The Morgan fingerprint density at radius 1 is 1.00 bits per heavy atom. The first kappa shape index (κ1) is 29.7.